The van der Waals surface area contributed by atoms with Gasteiger partial charge in [-0.05, 0) is 31.9 Å². The molecule has 2 rings (SSSR count). The van der Waals surface area contributed by atoms with Crippen molar-refractivity contribution >= 4 is 5.69 Å². The third kappa shape index (κ3) is 1.86. The van der Waals surface area contributed by atoms with E-state index in [0.29, 0.717) is 5.56 Å². The van der Waals surface area contributed by atoms with Gasteiger partial charge in [0, 0.05) is 17.7 Å². The van der Waals surface area contributed by atoms with Gasteiger partial charge in [-0.2, -0.15) is 0 Å². The standard InChI is InChI=1S/C11H14N2O3/c1-7-5-8(9-3-2-4-12-9)11(14)10(6-7)13(15)16/h5-6,9,12,14H,2-4H2,1H3/t9-/m0/s1. The third-order valence-electron chi connectivity index (χ3n) is 2.90. The zero-order valence-corrected chi connectivity index (χ0v) is 9.06. The number of nitrogens with one attached hydrogen (secondary N) is 1. The molecule has 0 unspecified atom stereocenters. The topological polar surface area (TPSA) is 75.4 Å². The summed E-state index contributed by atoms with van der Waals surface area (Å²) in [6.07, 6.45) is 1.94. The second-order valence-corrected chi connectivity index (χ2v) is 4.13. The molecule has 1 heterocycles. The van der Waals surface area contributed by atoms with E-state index < -0.39 is 4.92 Å². The van der Waals surface area contributed by atoms with Gasteiger partial charge in [0.15, 0.2) is 5.75 Å². The molecule has 5 heteroatoms. The van der Waals surface area contributed by atoms with Gasteiger partial charge in [0.25, 0.3) is 0 Å². The van der Waals surface area contributed by atoms with Gasteiger partial charge >= 0.3 is 5.69 Å². The van der Waals surface area contributed by atoms with Crippen LogP contribution in [0.1, 0.15) is 30.0 Å². The lowest BCUT2D eigenvalue weighted by atomic mass is 10.0. The quantitative estimate of drug-likeness (QED) is 0.593. The molecule has 0 spiro atoms. The Morgan fingerprint density at radius 3 is 2.88 bits per heavy atom. The summed E-state index contributed by atoms with van der Waals surface area (Å²) in [5, 5.41) is 23.9. The molecule has 1 aromatic rings. The fraction of sp³-hybridized carbons (Fsp3) is 0.455. The van der Waals surface area contributed by atoms with Gasteiger partial charge in [-0.3, -0.25) is 10.1 Å². The Balaban J connectivity index is 2.47. The molecular formula is C11H14N2O3. The highest BCUT2D eigenvalue weighted by atomic mass is 16.6. The molecule has 1 aliphatic heterocycles. The fourth-order valence-electron chi connectivity index (χ4n) is 2.14. The van der Waals surface area contributed by atoms with Gasteiger partial charge in [-0.1, -0.05) is 6.07 Å². The summed E-state index contributed by atoms with van der Waals surface area (Å²) in [5.74, 6) is -0.199. The molecule has 1 aliphatic rings. The maximum atomic E-state index is 10.8. The molecule has 16 heavy (non-hydrogen) atoms. The van der Waals surface area contributed by atoms with Crippen molar-refractivity contribution in [2.45, 2.75) is 25.8 Å². The lowest BCUT2D eigenvalue weighted by molar-refractivity contribution is -0.386. The van der Waals surface area contributed by atoms with Crippen molar-refractivity contribution in [1.82, 2.24) is 5.32 Å². The number of benzene rings is 1. The summed E-state index contributed by atoms with van der Waals surface area (Å²) in [6.45, 7) is 2.69. The van der Waals surface area contributed by atoms with Gasteiger partial charge in [0.05, 0.1) is 4.92 Å². The maximum absolute atomic E-state index is 10.8. The van der Waals surface area contributed by atoms with Crippen LogP contribution in [0.3, 0.4) is 0 Å². The summed E-state index contributed by atoms with van der Waals surface area (Å²) in [6, 6.07) is 3.25. The zero-order chi connectivity index (χ0) is 11.7. The van der Waals surface area contributed by atoms with Crippen molar-refractivity contribution in [3.63, 3.8) is 0 Å². The van der Waals surface area contributed by atoms with Crippen molar-refractivity contribution in [1.29, 1.82) is 0 Å². The van der Waals surface area contributed by atoms with E-state index in [1.165, 1.54) is 6.07 Å². The minimum atomic E-state index is -0.541. The normalized spacial score (nSPS) is 19.9. The van der Waals surface area contributed by atoms with E-state index in [1.807, 2.05) is 6.07 Å². The summed E-state index contributed by atoms with van der Waals surface area (Å²) < 4.78 is 0. The number of hydrogen-bond acceptors (Lipinski definition) is 4. The van der Waals surface area contributed by atoms with Crippen LogP contribution < -0.4 is 5.32 Å². The molecule has 86 valence electrons. The number of phenols is 1. The second kappa shape index (κ2) is 4.09. The van der Waals surface area contributed by atoms with Crippen molar-refractivity contribution in [3.05, 3.63) is 33.4 Å². The van der Waals surface area contributed by atoms with Gasteiger partial charge in [-0.25, -0.2) is 0 Å². The van der Waals surface area contributed by atoms with Crippen LogP contribution in [0, 0.1) is 17.0 Å². The van der Waals surface area contributed by atoms with Crippen molar-refractivity contribution in [3.8, 4) is 5.75 Å². The van der Waals surface area contributed by atoms with Crippen LogP contribution in [0.5, 0.6) is 5.75 Å². The summed E-state index contributed by atoms with van der Waals surface area (Å²) in [5.41, 5.74) is 1.24. The Labute approximate surface area is 93.2 Å². The summed E-state index contributed by atoms with van der Waals surface area (Å²) in [4.78, 5) is 10.2. The number of hydrogen-bond donors (Lipinski definition) is 2. The number of phenolic OH excluding ortho intramolecular Hbond substituents is 1. The Bertz CT molecular complexity index is 425. The summed E-state index contributed by atoms with van der Waals surface area (Å²) in [7, 11) is 0. The lowest BCUT2D eigenvalue weighted by Gasteiger charge is -2.13. The SMILES string of the molecule is Cc1cc([C@@H]2CCCN2)c(O)c([N+](=O)[O-])c1. The van der Waals surface area contributed by atoms with Crippen LogP contribution in [0.15, 0.2) is 12.1 Å². The molecule has 2 N–H and O–H groups in total. The van der Waals surface area contributed by atoms with Crippen LogP contribution in [0.25, 0.3) is 0 Å². The molecule has 5 nitrogen and oxygen atoms in total. The molecule has 1 aromatic carbocycles. The first-order chi connectivity index (χ1) is 7.59. The monoisotopic (exact) mass is 222 g/mol. The predicted octanol–water partition coefficient (Wildman–Crippen LogP) is 2.03. The number of nitro groups is 1. The average Bonchev–Trinajstić information content (AvgIpc) is 2.73. The smallest absolute Gasteiger partial charge is 0.311 e. The number of aryl methyl sites for hydroxylation is 1. The molecular weight excluding hydrogens is 208 g/mol. The van der Waals surface area contributed by atoms with E-state index in [4.69, 9.17) is 0 Å². The van der Waals surface area contributed by atoms with Crippen molar-refractivity contribution in [2.75, 3.05) is 6.54 Å². The minimum absolute atomic E-state index is 0.0404. The predicted molar refractivity (Wildman–Crippen MR) is 59.5 cm³/mol. The molecule has 0 radical (unpaired) electrons. The lowest BCUT2D eigenvalue weighted by Crippen LogP contribution is -2.13. The molecule has 1 saturated heterocycles. The second-order valence-electron chi connectivity index (χ2n) is 4.13. The van der Waals surface area contributed by atoms with Crippen LogP contribution >= 0.6 is 0 Å². The third-order valence-corrected chi connectivity index (χ3v) is 2.90. The maximum Gasteiger partial charge on any atom is 0.311 e. The van der Waals surface area contributed by atoms with E-state index >= 15 is 0 Å². The number of rotatable bonds is 2. The largest absolute Gasteiger partial charge is 0.502 e. The van der Waals surface area contributed by atoms with E-state index in [2.05, 4.69) is 5.32 Å². The first-order valence-electron chi connectivity index (χ1n) is 5.31. The molecule has 1 atom stereocenters. The van der Waals surface area contributed by atoms with Crippen LogP contribution in [-0.4, -0.2) is 16.6 Å². The minimum Gasteiger partial charge on any atom is -0.502 e. The van der Waals surface area contributed by atoms with Crippen LogP contribution in [0.4, 0.5) is 5.69 Å². The Morgan fingerprint density at radius 2 is 2.31 bits per heavy atom. The van der Waals surface area contributed by atoms with E-state index in [-0.39, 0.29) is 17.5 Å². The van der Waals surface area contributed by atoms with E-state index in [9.17, 15) is 15.2 Å². The van der Waals surface area contributed by atoms with E-state index in [1.54, 1.807) is 6.92 Å². The van der Waals surface area contributed by atoms with Gasteiger partial charge in [-0.15, -0.1) is 0 Å². The summed E-state index contributed by atoms with van der Waals surface area (Å²) >= 11 is 0. The van der Waals surface area contributed by atoms with Gasteiger partial charge in [0.2, 0.25) is 0 Å². The molecule has 0 aliphatic carbocycles. The van der Waals surface area contributed by atoms with Crippen molar-refractivity contribution < 1.29 is 10.0 Å². The Morgan fingerprint density at radius 1 is 1.56 bits per heavy atom. The first kappa shape index (κ1) is 10.9. The van der Waals surface area contributed by atoms with Crippen molar-refractivity contribution in [2.24, 2.45) is 0 Å². The van der Waals surface area contributed by atoms with Crippen LogP contribution in [0.2, 0.25) is 0 Å². The van der Waals surface area contributed by atoms with E-state index in [0.717, 1.165) is 24.9 Å². The fourth-order valence-corrected chi connectivity index (χ4v) is 2.14. The van der Waals surface area contributed by atoms with Gasteiger partial charge < -0.3 is 10.4 Å². The molecule has 1 fully saturated rings. The molecule has 0 saturated carbocycles. The Hall–Kier alpha value is -1.62. The molecule has 0 aromatic heterocycles. The number of nitrogens with zero attached hydrogens (tertiary/aromatic N) is 1. The highest BCUT2D eigenvalue weighted by Crippen LogP contribution is 2.37. The number of nitro benzene ring substituents is 1. The van der Waals surface area contributed by atoms with Gasteiger partial charge in [0.1, 0.15) is 0 Å². The molecule has 0 bridgehead atoms. The average molecular weight is 222 g/mol. The Kier molecular flexibility index (Phi) is 2.78. The number of aromatic hydroxyl groups is 1. The highest BCUT2D eigenvalue weighted by Gasteiger charge is 2.25. The first-order valence-corrected chi connectivity index (χ1v) is 5.31. The molecule has 0 amide bonds. The van der Waals surface area contributed by atoms with Crippen LogP contribution in [-0.2, 0) is 0 Å². The highest BCUT2D eigenvalue weighted by molar-refractivity contribution is 5.54. The zero-order valence-electron chi connectivity index (χ0n) is 9.06.